The van der Waals surface area contributed by atoms with Crippen LogP contribution < -0.4 is 15.5 Å². The van der Waals surface area contributed by atoms with Gasteiger partial charge in [0.2, 0.25) is 17.7 Å². The van der Waals surface area contributed by atoms with Crippen LogP contribution >= 0.6 is 23.1 Å². The maximum Gasteiger partial charge on any atom is 0.308 e. The Morgan fingerprint density at radius 2 is 1.76 bits per heavy atom. The molecule has 11 heteroatoms. The van der Waals surface area contributed by atoms with Crippen LogP contribution in [0.2, 0.25) is 0 Å². The number of phenols is 1. The Balaban J connectivity index is 1.52. The van der Waals surface area contributed by atoms with E-state index in [9.17, 15) is 28.7 Å². The predicted octanol–water partition coefficient (Wildman–Crippen LogP) is 2.27. The van der Waals surface area contributed by atoms with Crippen molar-refractivity contribution in [2.45, 2.75) is 22.7 Å². The lowest BCUT2D eigenvalue weighted by Crippen LogP contribution is -2.32. The summed E-state index contributed by atoms with van der Waals surface area (Å²) in [5.74, 6) is -3.01. The number of thiazole rings is 1. The number of aromatic hydroxyl groups is 1. The highest BCUT2D eigenvalue weighted by atomic mass is 32.2. The van der Waals surface area contributed by atoms with E-state index in [1.165, 1.54) is 41.0 Å². The molecule has 1 saturated heterocycles. The number of thioether (sulfide) groups is 1. The summed E-state index contributed by atoms with van der Waals surface area (Å²) in [6, 6.07) is 11.5. The van der Waals surface area contributed by atoms with Crippen molar-refractivity contribution in [1.29, 1.82) is 0 Å². The molecular formula is C22H16FN3O5S2. The number of benzene rings is 2. The highest BCUT2D eigenvalue weighted by Gasteiger charge is 2.52. The summed E-state index contributed by atoms with van der Waals surface area (Å²) in [6.45, 7) is -0.301. The number of amides is 3. The maximum atomic E-state index is 13.1. The molecule has 8 nitrogen and oxygen atoms in total. The van der Waals surface area contributed by atoms with Crippen molar-refractivity contribution in [1.82, 2.24) is 9.88 Å². The molecule has 1 fully saturated rings. The van der Waals surface area contributed by atoms with Crippen molar-refractivity contribution in [3.8, 4) is 5.75 Å². The predicted molar refractivity (Wildman–Crippen MR) is 120 cm³/mol. The Morgan fingerprint density at radius 1 is 1.06 bits per heavy atom. The minimum atomic E-state index is -0.746. The van der Waals surface area contributed by atoms with Gasteiger partial charge in [-0.05, 0) is 42.0 Å². The van der Waals surface area contributed by atoms with Gasteiger partial charge in [0.15, 0.2) is 0 Å². The van der Waals surface area contributed by atoms with Crippen LogP contribution in [0.1, 0.15) is 16.4 Å². The lowest BCUT2D eigenvalue weighted by atomic mass is 9.83. The molecule has 3 heterocycles. The van der Waals surface area contributed by atoms with Gasteiger partial charge in [-0.3, -0.25) is 29.1 Å². The number of nitrogens with zero attached hydrogens (tertiary/aromatic N) is 1. The maximum absolute atomic E-state index is 13.1. The second-order valence-electron chi connectivity index (χ2n) is 7.67. The number of nitrogens with one attached hydrogen (secondary N) is 2. The molecule has 0 radical (unpaired) electrons. The lowest BCUT2D eigenvalue weighted by molar-refractivity contribution is -0.126. The second kappa shape index (κ2) is 8.16. The molecule has 3 atom stereocenters. The zero-order valence-electron chi connectivity index (χ0n) is 16.8. The van der Waals surface area contributed by atoms with Crippen molar-refractivity contribution in [2.75, 3.05) is 5.32 Å². The number of phenolic OH excluding ortho intramolecular Hbond substituents is 1. The molecule has 0 bridgehead atoms. The molecule has 0 spiro atoms. The van der Waals surface area contributed by atoms with Crippen LogP contribution in [-0.2, 0) is 20.9 Å². The van der Waals surface area contributed by atoms with E-state index < -0.39 is 45.5 Å². The molecule has 3 amide bonds. The van der Waals surface area contributed by atoms with E-state index >= 15 is 0 Å². The first kappa shape index (κ1) is 21.4. The fraction of sp³-hybridized carbons (Fsp3) is 0.182. The Morgan fingerprint density at radius 3 is 2.45 bits per heavy atom. The fourth-order valence-corrected chi connectivity index (χ4v) is 6.83. The second-order valence-corrected chi connectivity index (χ2v) is 9.79. The summed E-state index contributed by atoms with van der Waals surface area (Å²) >= 11 is 2.03. The first-order valence-electron chi connectivity index (χ1n) is 9.91. The quantitative estimate of drug-likeness (QED) is 0.488. The highest BCUT2D eigenvalue weighted by Crippen LogP contribution is 2.51. The van der Waals surface area contributed by atoms with Crippen molar-refractivity contribution in [3.05, 3.63) is 74.5 Å². The summed E-state index contributed by atoms with van der Waals surface area (Å²) in [4.78, 5) is 50.8. The third kappa shape index (κ3) is 3.83. The zero-order valence-corrected chi connectivity index (χ0v) is 18.4. The van der Waals surface area contributed by atoms with Crippen LogP contribution in [0.15, 0.2) is 58.4 Å². The number of carbonyl (C=O) groups is 3. The number of halogens is 1. The van der Waals surface area contributed by atoms with E-state index in [1.54, 1.807) is 12.1 Å². The number of imide groups is 1. The molecule has 2 aliphatic heterocycles. The normalized spacial score (nSPS) is 21.3. The smallest absolute Gasteiger partial charge is 0.308 e. The number of fused-ring (bicyclic) bond motifs is 2. The van der Waals surface area contributed by atoms with E-state index in [1.807, 2.05) is 0 Å². The Hall–Kier alpha value is -3.44. The van der Waals surface area contributed by atoms with Gasteiger partial charge in [-0.25, -0.2) is 4.39 Å². The zero-order chi connectivity index (χ0) is 23.3. The van der Waals surface area contributed by atoms with E-state index in [2.05, 4.69) is 10.6 Å². The monoisotopic (exact) mass is 485 g/mol. The van der Waals surface area contributed by atoms with Gasteiger partial charge >= 0.3 is 4.87 Å². The van der Waals surface area contributed by atoms with Crippen LogP contribution in [0.25, 0.3) is 0 Å². The van der Waals surface area contributed by atoms with Crippen molar-refractivity contribution >= 4 is 46.5 Å². The van der Waals surface area contributed by atoms with Crippen LogP contribution in [0.3, 0.4) is 0 Å². The topological polar surface area (TPSA) is 118 Å². The van der Waals surface area contributed by atoms with E-state index in [4.69, 9.17) is 0 Å². The standard InChI is InChI=1S/C22H16FN3O5S2/c23-11-3-5-12(6-4-11)24-14(28)9-26-21-18(33-22(26)31)15(10-1-7-13(27)8-2-10)16-17(32-21)20(30)25-19(16)29/h1-8,15-17,27H,9H2,(H,24,28)(H,25,29,30)/t15-,16+,17-/m0/s1. The molecule has 2 aromatic carbocycles. The lowest BCUT2D eigenvalue weighted by Gasteiger charge is -2.30. The summed E-state index contributed by atoms with van der Waals surface area (Å²) in [7, 11) is 0. The minimum absolute atomic E-state index is 0.0517. The number of aromatic nitrogens is 1. The number of hydrogen-bond acceptors (Lipinski definition) is 7. The number of hydrogen-bond donors (Lipinski definition) is 3. The van der Waals surface area contributed by atoms with Crippen LogP contribution in [-0.4, -0.2) is 32.6 Å². The molecule has 3 aromatic rings. The first-order chi connectivity index (χ1) is 15.8. The summed E-state index contributed by atoms with van der Waals surface area (Å²) in [5.41, 5.74) is 1.06. The van der Waals surface area contributed by atoms with E-state index in [-0.39, 0.29) is 12.3 Å². The fourth-order valence-electron chi connectivity index (χ4n) is 4.09. The van der Waals surface area contributed by atoms with Gasteiger partial charge in [0, 0.05) is 16.5 Å². The van der Waals surface area contributed by atoms with Crippen LogP contribution in [0.4, 0.5) is 10.1 Å². The van der Waals surface area contributed by atoms with Gasteiger partial charge in [0.1, 0.15) is 23.4 Å². The summed E-state index contributed by atoms with van der Waals surface area (Å²) < 4.78 is 14.4. The van der Waals surface area contributed by atoms with E-state index in [0.29, 0.717) is 21.2 Å². The molecule has 0 aliphatic carbocycles. The average molecular weight is 486 g/mol. The van der Waals surface area contributed by atoms with Crippen molar-refractivity contribution in [3.63, 3.8) is 0 Å². The van der Waals surface area contributed by atoms with Gasteiger partial charge in [0.25, 0.3) is 0 Å². The van der Waals surface area contributed by atoms with Crippen LogP contribution in [0.5, 0.6) is 5.75 Å². The number of carbonyl (C=O) groups excluding carboxylic acids is 3. The van der Waals surface area contributed by atoms with Crippen LogP contribution in [0, 0.1) is 11.7 Å². The highest BCUT2D eigenvalue weighted by molar-refractivity contribution is 8.00. The molecule has 0 saturated carbocycles. The molecule has 1 aromatic heterocycles. The Kier molecular flexibility index (Phi) is 5.29. The molecule has 168 valence electrons. The first-order valence-corrected chi connectivity index (χ1v) is 11.6. The van der Waals surface area contributed by atoms with Gasteiger partial charge in [-0.2, -0.15) is 0 Å². The van der Waals surface area contributed by atoms with Gasteiger partial charge in [-0.1, -0.05) is 35.2 Å². The molecule has 3 N–H and O–H groups in total. The number of anilines is 1. The Bertz CT molecular complexity index is 1330. The van der Waals surface area contributed by atoms with E-state index in [0.717, 1.165) is 23.1 Å². The molecule has 5 rings (SSSR count). The summed E-state index contributed by atoms with van der Waals surface area (Å²) in [6.07, 6.45) is 0. The van der Waals surface area contributed by atoms with Crippen molar-refractivity contribution in [2.24, 2.45) is 5.92 Å². The minimum Gasteiger partial charge on any atom is -0.508 e. The number of rotatable bonds is 4. The van der Waals surface area contributed by atoms with Gasteiger partial charge < -0.3 is 10.4 Å². The SMILES string of the molecule is O=C(Cn1c2c(sc1=O)[C@@H](c1ccc(O)cc1)[C@H]1C(=O)NC(=O)[C@H]1S2)Nc1ccc(F)cc1. The molecular weight excluding hydrogens is 469 g/mol. The average Bonchev–Trinajstić information content (AvgIpc) is 3.24. The molecule has 2 aliphatic rings. The Labute approximate surface area is 194 Å². The molecule has 0 unspecified atom stereocenters. The van der Waals surface area contributed by atoms with Gasteiger partial charge in [-0.15, -0.1) is 0 Å². The molecule has 33 heavy (non-hydrogen) atoms. The third-order valence-corrected chi connectivity index (χ3v) is 8.19. The largest absolute Gasteiger partial charge is 0.508 e. The van der Waals surface area contributed by atoms with Gasteiger partial charge in [0.05, 0.1) is 10.9 Å². The van der Waals surface area contributed by atoms with Crippen molar-refractivity contribution < 1.29 is 23.9 Å². The summed E-state index contributed by atoms with van der Waals surface area (Å²) in [5, 5.41) is 14.4. The third-order valence-electron chi connectivity index (χ3n) is 5.57.